The summed E-state index contributed by atoms with van der Waals surface area (Å²) >= 11 is 12.9. The minimum Gasteiger partial charge on any atom is -0.496 e. The van der Waals surface area contributed by atoms with Gasteiger partial charge < -0.3 is 19.6 Å². The Morgan fingerprint density at radius 1 is 0.981 bits per heavy atom. The predicted octanol–water partition coefficient (Wildman–Crippen LogP) is 4.55. The molecule has 0 bridgehead atoms. The summed E-state index contributed by atoms with van der Waals surface area (Å²) in [6, 6.07) is 15.8. The molecule has 2 amide bonds. The van der Waals surface area contributed by atoms with Crippen molar-refractivity contribution in [3.8, 4) is 11.4 Å². The van der Waals surface area contributed by atoms with E-state index < -0.39 is 22.8 Å². The molecule has 0 saturated carbocycles. The second-order valence-corrected chi connectivity index (χ2v) is 15.2. The van der Waals surface area contributed by atoms with E-state index in [9.17, 15) is 19.5 Å². The Labute approximate surface area is 323 Å². The molecule has 2 atom stereocenters. The zero-order valence-electron chi connectivity index (χ0n) is 30.0. The van der Waals surface area contributed by atoms with Crippen LogP contribution in [0.5, 0.6) is 5.75 Å². The van der Waals surface area contributed by atoms with Gasteiger partial charge in [0.1, 0.15) is 18.1 Å². The molecule has 284 valence electrons. The number of likely N-dealkylation sites (tertiary alicyclic amines) is 2. The van der Waals surface area contributed by atoms with Crippen LogP contribution < -0.4 is 10.2 Å². The van der Waals surface area contributed by atoms with Gasteiger partial charge in [0.05, 0.1) is 39.5 Å². The summed E-state index contributed by atoms with van der Waals surface area (Å²) in [6.45, 7) is 3.44. The fraction of sp³-hybridized carbons (Fsp3) is 0.447. The number of methoxy groups -OCH3 is 1. The van der Waals surface area contributed by atoms with E-state index in [4.69, 9.17) is 27.9 Å². The van der Waals surface area contributed by atoms with Crippen LogP contribution in [-0.2, 0) is 20.4 Å². The van der Waals surface area contributed by atoms with Crippen molar-refractivity contribution in [3.63, 3.8) is 0 Å². The molecule has 2 N–H and O–H groups in total. The molecule has 3 saturated heterocycles. The van der Waals surface area contributed by atoms with Crippen molar-refractivity contribution in [3.05, 3.63) is 94.0 Å². The normalized spacial score (nSPS) is 21.8. The first-order valence-electron chi connectivity index (χ1n) is 18.2. The molecule has 0 spiro atoms. The van der Waals surface area contributed by atoms with E-state index in [1.54, 1.807) is 29.4 Å². The third-order valence-electron chi connectivity index (χ3n) is 11.4. The van der Waals surface area contributed by atoms with Gasteiger partial charge >= 0.3 is 5.97 Å². The van der Waals surface area contributed by atoms with E-state index in [0.717, 1.165) is 24.8 Å². The number of benzene rings is 2. The maximum Gasteiger partial charge on any atom is 0.322 e. The van der Waals surface area contributed by atoms with Crippen molar-refractivity contribution in [1.29, 1.82) is 0 Å². The number of carboxylic acids is 1. The molecule has 14 nitrogen and oxygen atoms in total. The minimum absolute atomic E-state index is 0.160. The van der Waals surface area contributed by atoms with Gasteiger partial charge in [-0.05, 0) is 123 Å². The smallest absolute Gasteiger partial charge is 0.322 e. The molecule has 3 aliphatic rings. The Balaban J connectivity index is 1.09. The summed E-state index contributed by atoms with van der Waals surface area (Å²) in [7, 11) is 1.54. The molecule has 7 rings (SSSR count). The van der Waals surface area contributed by atoms with Crippen LogP contribution in [0.15, 0.2) is 67.1 Å². The van der Waals surface area contributed by atoms with Gasteiger partial charge in [-0.2, -0.15) is 0 Å². The van der Waals surface area contributed by atoms with Crippen LogP contribution >= 0.6 is 23.2 Å². The lowest BCUT2D eigenvalue weighted by molar-refractivity contribution is -0.149. The third kappa shape index (κ3) is 7.52. The minimum atomic E-state index is -0.934. The molecule has 2 aromatic carbocycles. The fourth-order valence-corrected chi connectivity index (χ4v) is 8.54. The summed E-state index contributed by atoms with van der Waals surface area (Å²) in [5.41, 5.74) is 4.42. The van der Waals surface area contributed by atoms with Crippen LogP contribution in [-0.4, -0.2) is 115 Å². The summed E-state index contributed by atoms with van der Waals surface area (Å²) in [4.78, 5) is 49.3. The number of hydrogen-bond donors (Lipinski definition) is 2. The first kappa shape index (κ1) is 37.7. The van der Waals surface area contributed by atoms with Gasteiger partial charge in [-0.3, -0.25) is 24.8 Å². The lowest BCUT2D eigenvalue weighted by Gasteiger charge is -2.43. The van der Waals surface area contributed by atoms with E-state index in [1.807, 2.05) is 41.3 Å². The zero-order valence-corrected chi connectivity index (χ0v) is 31.5. The molecule has 4 aromatic rings. The number of halogens is 2. The number of nitrogens with zero attached hydrogens (tertiary/aromatic N) is 8. The van der Waals surface area contributed by atoms with Gasteiger partial charge in [0.15, 0.2) is 0 Å². The number of carbonyl (C=O) groups is 3. The second-order valence-electron chi connectivity index (χ2n) is 14.4. The summed E-state index contributed by atoms with van der Waals surface area (Å²) < 4.78 is 7.10. The number of carbonyl (C=O) groups excluding carboxylic acids is 2. The van der Waals surface area contributed by atoms with Crippen LogP contribution in [0.1, 0.15) is 66.6 Å². The summed E-state index contributed by atoms with van der Waals surface area (Å²) in [5.74, 6) is -0.856. The zero-order chi connectivity index (χ0) is 37.9. The average Bonchev–Trinajstić information content (AvgIpc) is 3.90. The van der Waals surface area contributed by atoms with Gasteiger partial charge in [0, 0.05) is 31.2 Å². The van der Waals surface area contributed by atoms with Crippen molar-refractivity contribution >= 4 is 41.0 Å². The Hall–Kier alpha value is -4.63. The topological polar surface area (TPSA) is 159 Å². The quantitative estimate of drug-likeness (QED) is 0.220. The van der Waals surface area contributed by atoms with E-state index >= 15 is 0 Å². The number of aromatic nitrogens is 5. The van der Waals surface area contributed by atoms with Crippen LogP contribution in [0.4, 0.5) is 0 Å². The largest absolute Gasteiger partial charge is 0.496 e. The fourth-order valence-electron chi connectivity index (χ4n) is 8.25. The first-order valence-corrected chi connectivity index (χ1v) is 19.0. The van der Waals surface area contributed by atoms with E-state index in [2.05, 4.69) is 30.8 Å². The van der Waals surface area contributed by atoms with Crippen molar-refractivity contribution < 1.29 is 24.2 Å². The average molecular weight is 777 g/mol. The summed E-state index contributed by atoms with van der Waals surface area (Å²) in [5, 5.41) is 23.8. The van der Waals surface area contributed by atoms with Gasteiger partial charge in [0.25, 0.3) is 5.91 Å². The summed E-state index contributed by atoms with van der Waals surface area (Å²) in [6.07, 6.45) is 7.76. The van der Waals surface area contributed by atoms with Crippen molar-refractivity contribution in [2.45, 2.75) is 61.8 Å². The third-order valence-corrected chi connectivity index (χ3v) is 12.2. The number of nitrogens with one attached hydrogen (secondary N) is 1. The molecule has 3 aliphatic heterocycles. The van der Waals surface area contributed by atoms with Crippen molar-refractivity contribution in [2.24, 2.45) is 0 Å². The van der Waals surface area contributed by atoms with Crippen LogP contribution in [0.25, 0.3) is 5.69 Å². The molecule has 0 aliphatic carbocycles. The van der Waals surface area contributed by atoms with Gasteiger partial charge in [-0.15, -0.1) is 5.10 Å². The number of hydrazine groups is 1. The van der Waals surface area contributed by atoms with Gasteiger partial charge in [-0.1, -0.05) is 35.3 Å². The van der Waals surface area contributed by atoms with Gasteiger partial charge in [-0.25, -0.2) is 9.69 Å². The maximum atomic E-state index is 14.2. The highest BCUT2D eigenvalue weighted by molar-refractivity contribution is 6.42. The number of ether oxygens (including phenoxy) is 1. The monoisotopic (exact) mass is 775 g/mol. The molecule has 2 unspecified atom stereocenters. The Morgan fingerprint density at radius 3 is 2.52 bits per heavy atom. The van der Waals surface area contributed by atoms with Crippen LogP contribution in [0.2, 0.25) is 10.0 Å². The first-order chi connectivity index (χ1) is 26.1. The number of amides is 2. The van der Waals surface area contributed by atoms with E-state index in [-0.39, 0.29) is 11.8 Å². The Morgan fingerprint density at radius 2 is 1.81 bits per heavy atom. The Kier molecular flexibility index (Phi) is 11.2. The number of piperidine rings is 2. The second kappa shape index (κ2) is 16.0. The van der Waals surface area contributed by atoms with Crippen LogP contribution in [0, 0.1) is 0 Å². The molecule has 0 radical (unpaired) electrons. The highest BCUT2D eigenvalue weighted by atomic mass is 35.5. The number of aliphatic carboxylic acids is 1. The highest BCUT2D eigenvalue weighted by Crippen LogP contribution is 2.42. The number of rotatable bonds is 11. The SMILES string of the molecule is COc1ccc(-n2cnnn2)cc1C(=O)N1CCC(CCN2CCC(C(=O)NN3CCCCC3C(=O)O)(c3ccccn3)CC2)(c2ccc(Cl)c(Cl)c2)C1. The lowest BCUT2D eigenvalue weighted by atomic mass is 9.73. The molecular weight excluding hydrogens is 733 g/mol. The molecule has 16 heteroatoms. The lowest BCUT2D eigenvalue weighted by Crippen LogP contribution is -2.60. The number of tetrazole rings is 1. The Bertz CT molecular complexity index is 1980. The standard InChI is InChI=1S/C38H43Cl2N9O5/c1-54-32-11-9-27(49-25-42-44-45-49)23-28(32)34(50)47-21-13-37(24-47,26-8-10-29(39)30(40)22-26)12-18-46-19-14-38(15-20-46,33-7-2-4-16-41-33)36(53)43-48-17-5-3-6-31(48)35(51)52/h2,4,7-11,16,22-23,25,31H,3,5-6,12-15,17-21,24H2,1H3,(H,43,53)(H,51,52). The maximum absolute atomic E-state index is 14.2. The number of carboxylic acid groups (broad SMARTS) is 1. The predicted molar refractivity (Wildman–Crippen MR) is 201 cm³/mol. The molecule has 54 heavy (non-hydrogen) atoms. The highest BCUT2D eigenvalue weighted by Gasteiger charge is 2.47. The number of pyridine rings is 1. The molecular formula is C38H43Cl2N9O5. The molecule has 5 heterocycles. The van der Waals surface area contributed by atoms with Gasteiger partial charge in [0.2, 0.25) is 5.91 Å². The molecule has 2 aromatic heterocycles. The van der Waals surface area contributed by atoms with E-state index in [1.165, 1.54) is 18.1 Å². The van der Waals surface area contributed by atoms with Crippen molar-refractivity contribution in [2.75, 3.05) is 46.4 Å². The van der Waals surface area contributed by atoms with E-state index in [0.29, 0.717) is 97.7 Å². The molecule has 3 fully saturated rings. The van der Waals surface area contributed by atoms with Crippen LogP contribution in [0.3, 0.4) is 0 Å². The van der Waals surface area contributed by atoms with Crippen molar-refractivity contribution in [1.82, 2.24) is 45.4 Å². The number of hydrogen-bond acceptors (Lipinski definition) is 10.